The van der Waals surface area contributed by atoms with Crippen LogP contribution in [0.3, 0.4) is 0 Å². The van der Waals surface area contributed by atoms with Gasteiger partial charge in [0.15, 0.2) is 0 Å². The number of hydrogen-bond acceptors (Lipinski definition) is 2. The molecule has 1 N–H and O–H groups in total. The number of benzene rings is 1. The van der Waals surface area contributed by atoms with Crippen molar-refractivity contribution in [3.05, 3.63) is 45.0 Å². The molecule has 0 saturated heterocycles. The largest absolute Gasteiger partial charge is 0.477 e. The quantitative estimate of drug-likeness (QED) is 0.729. The summed E-state index contributed by atoms with van der Waals surface area (Å²) in [5.74, 6) is -2.06. The van der Waals surface area contributed by atoms with Gasteiger partial charge in [-0.1, -0.05) is 26.7 Å². The molecule has 3 atom stereocenters. The van der Waals surface area contributed by atoms with Crippen LogP contribution in [0.25, 0.3) is 10.9 Å². The van der Waals surface area contributed by atoms with Gasteiger partial charge in [-0.3, -0.25) is 4.79 Å². The molecule has 27 heavy (non-hydrogen) atoms. The minimum Gasteiger partial charge on any atom is -0.477 e. The van der Waals surface area contributed by atoms with Crippen LogP contribution < -0.4 is 5.43 Å². The van der Waals surface area contributed by atoms with E-state index >= 15 is 0 Å². The van der Waals surface area contributed by atoms with Crippen molar-refractivity contribution in [1.82, 2.24) is 4.57 Å². The molecule has 1 aliphatic carbocycles. The van der Waals surface area contributed by atoms with Crippen molar-refractivity contribution < 1.29 is 18.7 Å². The Bertz CT molecular complexity index is 951. The number of aromatic carboxylic acids is 1. The van der Waals surface area contributed by atoms with E-state index in [1.807, 2.05) is 13.8 Å². The Kier molecular flexibility index (Phi) is 5.36. The van der Waals surface area contributed by atoms with Gasteiger partial charge in [0.25, 0.3) is 0 Å². The number of halogens is 2. The zero-order valence-corrected chi connectivity index (χ0v) is 15.9. The van der Waals surface area contributed by atoms with Crippen molar-refractivity contribution >= 4 is 16.9 Å². The minimum absolute atomic E-state index is 0.0422. The summed E-state index contributed by atoms with van der Waals surface area (Å²) in [4.78, 5) is 25.1. The molecule has 2 aromatic rings. The maximum atomic E-state index is 14.1. The molecule has 4 nitrogen and oxygen atoms in total. The lowest BCUT2D eigenvalue weighted by Gasteiger charge is -2.25. The summed E-state index contributed by atoms with van der Waals surface area (Å²) in [7, 11) is 0. The van der Waals surface area contributed by atoms with Gasteiger partial charge >= 0.3 is 5.97 Å². The molecule has 3 rings (SSSR count). The fourth-order valence-corrected chi connectivity index (χ4v) is 4.02. The van der Waals surface area contributed by atoms with Gasteiger partial charge in [-0.15, -0.1) is 0 Å². The predicted octanol–water partition coefficient (Wildman–Crippen LogP) is 5.11. The van der Waals surface area contributed by atoms with E-state index in [1.165, 1.54) is 19.1 Å². The van der Waals surface area contributed by atoms with E-state index in [-0.39, 0.29) is 28.9 Å². The van der Waals surface area contributed by atoms with Crippen LogP contribution in [0.2, 0.25) is 0 Å². The van der Waals surface area contributed by atoms with Gasteiger partial charge in [0.1, 0.15) is 17.6 Å². The molecule has 1 aliphatic rings. The van der Waals surface area contributed by atoms with Crippen molar-refractivity contribution in [1.29, 1.82) is 0 Å². The monoisotopic (exact) mass is 377 g/mol. The number of nitrogens with zero attached hydrogens (tertiary/aromatic N) is 1. The molecular formula is C21H25F2NO3. The second-order valence-corrected chi connectivity index (χ2v) is 7.40. The van der Waals surface area contributed by atoms with E-state index in [0.29, 0.717) is 17.6 Å². The fraction of sp³-hybridized carbons (Fsp3) is 0.524. The summed E-state index contributed by atoms with van der Waals surface area (Å²) in [6.45, 7) is 5.45. The standard InChI is InChI=1S/C21H25F2NO3/c1-4-6-7-12(5-2)19-18(21(26)27)20(25)17-11(3)13(22)8-9-15(17)24(19)16-10-14(16)23/h8-9,12,14,16H,4-7,10H2,1-3H3,(H,26,27)/t12?,14-,16+/m0/s1. The molecule has 1 saturated carbocycles. The number of unbranched alkanes of at least 4 members (excludes halogenated alkanes) is 1. The van der Waals surface area contributed by atoms with E-state index in [1.54, 1.807) is 4.57 Å². The second-order valence-electron chi connectivity index (χ2n) is 7.40. The van der Waals surface area contributed by atoms with Gasteiger partial charge in [0.05, 0.1) is 16.9 Å². The van der Waals surface area contributed by atoms with Crippen molar-refractivity contribution in [3.63, 3.8) is 0 Å². The van der Waals surface area contributed by atoms with Crippen LogP contribution in [-0.2, 0) is 0 Å². The number of alkyl halides is 1. The molecular weight excluding hydrogens is 352 g/mol. The van der Waals surface area contributed by atoms with Crippen LogP contribution in [0.1, 0.15) is 79.5 Å². The topological polar surface area (TPSA) is 59.3 Å². The molecule has 1 aromatic heterocycles. The molecule has 0 spiro atoms. The fourth-order valence-electron chi connectivity index (χ4n) is 4.02. The van der Waals surface area contributed by atoms with E-state index < -0.39 is 29.4 Å². The Morgan fingerprint density at radius 3 is 2.56 bits per heavy atom. The van der Waals surface area contributed by atoms with Crippen LogP contribution in [0.5, 0.6) is 0 Å². The minimum atomic E-state index is -1.33. The van der Waals surface area contributed by atoms with Crippen LogP contribution in [-0.4, -0.2) is 21.8 Å². The molecule has 0 amide bonds. The molecule has 6 heteroatoms. The average molecular weight is 377 g/mol. The number of carboxylic acid groups (broad SMARTS) is 1. The summed E-state index contributed by atoms with van der Waals surface area (Å²) >= 11 is 0. The van der Waals surface area contributed by atoms with E-state index in [9.17, 15) is 23.5 Å². The van der Waals surface area contributed by atoms with Gasteiger partial charge in [-0.25, -0.2) is 13.6 Å². The van der Waals surface area contributed by atoms with Crippen LogP contribution in [0, 0.1) is 12.7 Å². The highest BCUT2D eigenvalue weighted by molar-refractivity contribution is 5.95. The molecule has 0 radical (unpaired) electrons. The van der Waals surface area contributed by atoms with Crippen LogP contribution >= 0.6 is 0 Å². The number of carboxylic acids is 1. The first-order chi connectivity index (χ1) is 12.8. The Hall–Kier alpha value is -2.24. The Balaban J connectivity index is 2.45. The molecule has 0 aliphatic heterocycles. The zero-order chi connectivity index (χ0) is 19.9. The summed E-state index contributed by atoms with van der Waals surface area (Å²) in [6, 6.07) is 2.24. The van der Waals surface area contributed by atoms with E-state index in [2.05, 4.69) is 0 Å². The average Bonchev–Trinajstić information content (AvgIpc) is 3.34. The molecule has 1 unspecified atom stereocenters. The summed E-state index contributed by atoms with van der Waals surface area (Å²) in [5.41, 5.74) is -0.0749. The number of pyridine rings is 1. The number of fused-ring (bicyclic) bond motifs is 1. The zero-order valence-electron chi connectivity index (χ0n) is 15.9. The lowest BCUT2D eigenvalue weighted by molar-refractivity contribution is 0.0692. The predicted molar refractivity (Wildman–Crippen MR) is 101 cm³/mol. The Labute approximate surface area is 156 Å². The van der Waals surface area contributed by atoms with Gasteiger partial charge in [0, 0.05) is 12.1 Å². The highest BCUT2D eigenvalue weighted by Crippen LogP contribution is 2.44. The smallest absolute Gasteiger partial charge is 0.341 e. The number of rotatable bonds is 7. The second kappa shape index (κ2) is 7.41. The summed E-state index contributed by atoms with van der Waals surface area (Å²) in [5, 5.41) is 9.87. The number of aromatic nitrogens is 1. The van der Waals surface area contributed by atoms with E-state index in [0.717, 1.165) is 19.3 Å². The van der Waals surface area contributed by atoms with Gasteiger partial charge < -0.3 is 9.67 Å². The summed E-state index contributed by atoms with van der Waals surface area (Å²) in [6.07, 6.45) is 2.40. The highest BCUT2D eigenvalue weighted by Gasteiger charge is 2.43. The summed E-state index contributed by atoms with van der Waals surface area (Å²) < 4.78 is 29.9. The Morgan fingerprint density at radius 1 is 1.37 bits per heavy atom. The van der Waals surface area contributed by atoms with Crippen LogP contribution in [0.4, 0.5) is 8.78 Å². The number of aryl methyl sites for hydroxylation is 1. The first-order valence-corrected chi connectivity index (χ1v) is 9.57. The van der Waals surface area contributed by atoms with E-state index in [4.69, 9.17) is 0 Å². The third kappa shape index (κ3) is 3.26. The molecule has 0 bridgehead atoms. The molecule has 1 heterocycles. The maximum absolute atomic E-state index is 14.1. The van der Waals surface area contributed by atoms with Crippen LogP contribution in [0.15, 0.2) is 16.9 Å². The molecule has 1 fully saturated rings. The van der Waals surface area contributed by atoms with Crippen molar-refractivity contribution in [3.8, 4) is 0 Å². The lowest BCUT2D eigenvalue weighted by atomic mass is 9.89. The SMILES string of the molecule is CCCCC(CC)c1c(C(=O)O)c(=O)c2c(C)c(F)ccc2n1[C@@H]1C[C@@H]1F. The van der Waals surface area contributed by atoms with Gasteiger partial charge in [-0.05, 0) is 43.4 Å². The van der Waals surface area contributed by atoms with Gasteiger partial charge in [-0.2, -0.15) is 0 Å². The van der Waals surface area contributed by atoms with Crippen molar-refractivity contribution in [2.45, 2.75) is 71.0 Å². The molecule has 1 aromatic carbocycles. The third-order valence-electron chi connectivity index (χ3n) is 5.62. The first kappa shape index (κ1) is 19.5. The normalized spacial score (nSPS) is 20.0. The lowest BCUT2D eigenvalue weighted by Crippen LogP contribution is -2.27. The number of hydrogen-bond donors (Lipinski definition) is 1. The third-order valence-corrected chi connectivity index (χ3v) is 5.62. The highest BCUT2D eigenvalue weighted by atomic mass is 19.1. The maximum Gasteiger partial charge on any atom is 0.341 e. The first-order valence-electron chi connectivity index (χ1n) is 9.57. The molecule has 146 valence electrons. The Morgan fingerprint density at radius 2 is 2.04 bits per heavy atom. The van der Waals surface area contributed by atoms with Gasteiger partial charge in [0.2, 0.25) is 5.43 Å². The van der Waals surface area contributed by atoms with Crippen molar-refractivity contribution in [2.75, 3.05) is 0 Å². The van der Waals surface area contributed by atoms with Crippen molar-refractivity contribution in [2.24, 2.45) is 0 Å². The number of carbonyl (C=O) groups is 1.